The molecule has 31 heavy (non-hydrogen) atoms. The molecule has 3 aromatic rings. The van der Waals surface area contributed by atoms with Gasteiger partial charge < -0.3 is 14.0 Å². The van der Waals surface area contributed by atoms with Gasteiger partial charge in [-0.3, -0.25) is 9.59 Å². The first-order chi connectivity index (χ1) is 14.9. The molecular formula is C25H24N2O4. The topological polar surface area (TPSA) is 81.3 Å². The Hall–Kier alpha value is -3.85. The van der Waals surface area contributed by atoms with Crippen LogP contribution in [-0.2, 0) is 16.1 Å². The van der Waals surface area contributed by atoms with Crippen molar-refractivity contribution in [3.05, 3.63) is 77.1 Å². The monoisotopic (exact) mass is 416 g/mol. The van der Waals surface area contributed by atoms with Crippen LogP contribution in [0, 0.1) is 25.2 Å². The summed E-state index contributed by atoms with van der Waals surface area (Å²) in [6, 6.07) is 18.8. The van der Waals surface area contributed by atoms with Crippen LogP contribution in [0.3, 0.4) is 0 Å². The first kappa shape index (κ1) is 21.8. The predicted molar refractivity (Wildman–Crippen MR) is 117 cm³/mol. The zero-order valence-electron chi connectivity index (χ0n) is 17.8. The molecule has 0 aliphatic carbocycles. The number of aromatic nitrogens is 1. The van der Waals surface area contributed by atoms with Gasteiger partial charge in [0.1, 0.15) is 5.75 Å². The van der Waals surface area contributed by atoms with E-state index in [0.717, 1.165) is 22.5 Å². The maximum Gasteiger partial charge on any atom is 0.307 e. The van der Waals surface area contributed by atoms with Crippen LogP contribution in [0.25, 0.3) is 11.1 Å². The van der Waals surface area contributed by atoms with Crippen LogP contribution in [0.2, 0.25) is 0 Å². The van der Waals surface area contributed by atoms with Crippen molar-refractivity contribution in [1.29, 1.82) is 5.26 Å². The third-order valence-corrected chi connectivity index (χ3v) is 5.21. The van der Waals surface area contributed by atoms with Gasteiger partial charge in [-0.2, -0.15) is 5.26 Å². The zero-order chi connectivity index (χ0) is 22.4. The van der Waals surface area contributed by atoms with Gasteiger partial charge >= 0.3 is 5.97 Å². The van der Waals surface area contributed by atoms with Crippen LogP contribution in [0.4, 0.5) is 0 Å². The number of carbonyl (C=O) groups excluding carboxylic acids is 2. The maximum atomic E-state index is 12.7. The molecule has 0 radical (unpaired) electrons. The number of ketones is 1. The number of aryl methyl sites for hydroxylation is 1. The summed E-state index contributed by atoms with van der Waals surface area (Å²) in [7, 11) is 1.36. The predicted octanol–water partition coefficient (Wildman–Crippen LogP) is 4.47. The van der Waals surface area contributed by atoms with Crippen molar-refractivity contribution in [3.63, 3.8) is 0 Å². The first-order valence-electron chi connectivity index (χ1n) is 9.93. The highest BCUT2D eigenvalue weighted by molar-refractivity contribution is 5.98. The molecule has 6 heteroatoms. The lowest BCUT2D eigenvalue weighted by atomic mass is 10.0. The van der Waals surface area contributed by atoms with Gasteiger partial charge in [0.05, 0.1) is 25.2 Å². The van der Waals surface area contributed by atoms with Crippen LogP contribution in [0.1, 0.15) is 33.7 Å². The van der Waals surface area contributed by atoms with E-state index in [1.807, 2.05) is 60.9 Å². The Labute approximate surface area is 181 Å². The molecule has 158 valence electrons. The number of methoxy groups -OCH3 is 1. The van der Waals surface area contributed by atoms with Crippen LogP contribution in [0.15, 0.2) is 54.6 Å². The van der Waals surface area contributed by atoms with Gasteiger partial charge in [0.25, 0.3) is 0 Å². The Morgan fingerprint density at radius 3 is 2.19 bits per heavy atom. The number of carbonyl (C=O) groups is 2. The van der Waals surface area contributed by atoms with Gasteiger partial charge in [-0.1, -0.05) is 24.3 Å². The van der Waals surface area contributed by atoms with E-state index in [1.54, 1.807) is 12.1 Å². The van der Waals surface area contributed by atoms with Crippen molar-refractivity contribution >= 4 is 11.8 Å². The Bertz CT molecular complexity index is 1120. The van der Waals surface area contributed by atoms with Gasteiger partial charge in [0, 0.05) is 23.5 Å². The molecule has 0 saturated carbocycles. The molecule has 1 aromatic heterocycles. The van der Waals surface area contributed by atoms with E-state index in [2.05, 4.69) is 10.8 Å². The zero-order valence-corrected chi connectivity index (χ0v) is 17.8. The summed E-state index contributed by atoms with van der Waals surface area (Å²) in [6.07, 6.45) is 0.253. The van der Waals surface area contributed by atoms with E-state index in [-0.39, 0.29) is 24.8 Å². The fourth-order valence-electron chi connectivity index (χ4n) is 3.44. The van der Waals surface area contributed by atoms with Gasteiger partial charge in [-0.15, -0.1) is 0 Å². The lowest BCUT2D eigenvalue weighted by Crippen LogP contribution is -2.14. The molecule has 0 saturated heterocycles. The minimum absolute atomic E-state index is 0.0719. The first-order valence-corrected chi connectivity index (χ1v) is 9.93. The highest BCUT2D eigenvalue weighted by Crippen LogP contribution is 2.23. The van der Waals surface area contributed by atoms with Crippen molar-refractivity contribution in [2.45, 2.75) is 26.8 Å². The molecule has 1 heterocycles. The average Bonchev–Trinajstić information content (AvgIpc) is 3.09. The lowest BCUT2D eigenvalue weighted by molar-refractivity contribution is -0.140. The van der Waals surface area contributed by atoms with Crippen LogP contribution in [0.5, 0.6) is 5.75 Å². The summed E-state index contributed by atoms with van der Waals surface area (Å²) >= 11 is 0. The number of hydrogen-bond acceptors (Lipinski definition) is 5. The van der Waals surface area contributed by atoms with Gasteiger partial charge in [-0.05, 0) is 55.3 Å². The summed E-state index contributed by atoms with van der Waals surface area (Å²) in [6.45, 7) is 4.17. The molecule has 0 spiro atoms. The Morgan fingerprint density at radius 2 is 1.61 bits per heavy atom. The Balaban J connectivity index is 1.63. The molecule has 0 aliphatic rings. The molecular weight excluding hydrogens is 392 g/mol. The third-order valence-electron chi connectivity index (χ3n) is 5.21. The molecule has 0 aliphatic heterocycles. The molecule has 0 atom stereocenters. The van der Waals surface area contributed by atoms with E-state index in [0.29, 0.717) is 23.4 Å². The van der Waals surface area contributed by atoms with Crippen LogP contribution >= 0.6 is 0 Å². The summed E-state index contributed by atoms with van der Waals surface area (Å²) in [5, 5.41) is 8.90. The summed E-state index contributed by atoms with van der Waals surface area (Å²) in [4.78, 5) is 24.1. The number of esters is 1. The number of rotatable bonds is 8. The number of hydrogen-bond donors (Lipinski definition) is 0. The fourth-order valence-corrected chi connectivity index (χ4v) is 3.44. The third kappa shape index (κ3) is 5.20. The fraction of sp³-hybridized carbons (Fsp3) is 0.240. The molecule has 0 unspecified atom stereocenters. The van der Waals surface area contributed by atoms with Crippen LogP contribution in [-0.4, -0.2) is 30.0 Å². The van der Waals surface area contributed by atoms with Crippen LogP contribution < -0.4 is 4.74 Å². The van der Waals surface area contributed by atoms with E-state index < -0.39 is 0 Å². The number of benzene rings is 2. The number of Topliss-reactive ketones (excluding diaryl/α,β-unsaturated/α-hetero) is 1. The molecule has 0 N–H and O–H groups in total. The van der Waals surface area contributed by atoms with E-state index in [4.69, 9.17) is 10.00 Å². The largest absolute Gasteiger partial charge is 0.485 e. The van der Waals surface area contributed by atoms with Crippen molar-refractivity contribution in [2.24, 2.45) is 0 Å². The molecule has 0 amide bonds. The van der Waals surface area contributed by atoms with Crippen molar-refractivity contribution in [1.82, 2.24) is 4.57 Å². The standard InChI is InChI=1S/C25H24N2O4/c1-17-14-23(18(2)27(17)13-12-25(29)30-3)24(28)16-31-22-10-8-21(9-11-22)20-6-4-19(15-26)5-7-20/h4-11,14H,12-13,16H2,1-3H3. The molecule has 3 rings (SSSR count). The minimum Gasteiger partial charge on any atom is -0.485 e. The van der Waals surface area contributed by atoms with Gasteiger partial charge in [-0.25, -0.2) is 0 Å². The molecule has 0 fully saturated rings. The minimum atomic E-state index is -0.284. The second-order valence-electron chi connectivity index (χ2n) is 7.19. The molecule has 6 nitrogen and oxygen atoms in total. The number of ether oxygens (including phenoxy) is 2. The van der Waals surface area contributed by atoms with Crippen molar-refractivity contribution < 1.29 is 19.1 Å². The Morgan fingerprint density at radius 1 is 1.00 bits per heavy atom. The van der Waals surface area contributed by atoms with Crippen molar-refractivity contribution in [2.75, 3.05) is 13.7 Å². The number of nitriles is 1. The van der Waals surface area contributed by atoms with E-state index in [9.17, 15) is 9.59 Å². The highest BCUT2D eigenvalue weighted by atomic mass is 16.5. The normalized spacial score (nSPS) is 10.4. The molecule has 2 aromatic carbocycles. The average molecular weight is 416 g/mol. The summed E-state index contributed by atoms with van der Waals surface area (Å²) in [5.41, 5.74) is 4.93. The second-order valence-corrected chi connectivity index (χ2v) is 7.19. The Kier molecular flexibility index (Phi) is 6.88. The smallest absolute Gasteiger partial charge is 0.307 e. The SMILES string of the molecule is COC(=O)CCn1c(C)cc(C(=O)COc2ccc(-c3ccc(C#N)cc3)cc2)c1C. The van der Waals surface area contributed by atoms with Crippen molar-refractivity contribution in [3.8, 4) is 22.9 Å². The van der Waals surface area contributed by atoms with E-state index in [1.165, 1.54) is 7.11 Å². The van der Waals surface area contributed by atoms with Gasteiger partial charge in [0.15, 0.2) is 6.61 Å². The van der Waals surface area contributed by atoms with E-state index >= 15 is 0 Å². The molecule has 0 bridgehead atoms. The lowest BCUT2D eigenvalue weighted by Gasteiger charge is -2.09. The second kappa shape index (κ2) is 9.77. The maximum absolute atomic E-state index is 12.7. The summed E-state index contributed by atoms with van der Waals surface area (Å²) < 4.78 is 12.3. The van der Waals surface area contributed by atoms with Gasteiger partial charge in [0.2, 0.25) is 5.78 Å². The summed E-state index contributed by atoms with van der Waals surface area (Å²) in [5.74, 6) is 0.201. The quantitative estimate of drug-likeness (QED) is 0.400. The number of nitrogens with zero attached hydrogens (tertiary/aromatic N) is 2. The highest BCUT2D eigenvalue weighted by Gasteiger charge is 2.17.